The second-order valence-corrected chi connectivity index (χ2v) is 2.73. The Kier molecular flexibility index (Phi) is 2.66. The van der Waals surface area contributed by atoms with Gasteiger partial charge >= 0.3 is 0 Å². The van der Waals surface area contributed by atoms with E-state index >= 15 is 0 Å². The standard InChI is InChI=1S/C11H11N/c1-4-5-10-6-7-11(12-3)9(2)8-10/h4,6-8H,1,5H2,2H3. The van der Waals surface area contributed by atoms with Crippen molar-refractivity contribution in [3.05, 3.63) is 53.4 Å². The van der Waals surface area contributed by atoms with Crippen LogP contribution in [0.2, 0.25) is 0 Å². The maximum Gasteiger partial charge on any atom is 0.190 e. The highest BCUT2D eigenvalue weighted by atomic mass is 14.6. The molecule has 0 aliphatic heterocycles. The van der Waals surface area contributed by atoms with Crippen molar-refractivity contribution >= 4 is 5.69 Å². The van der Waals surface area contributed by atoms with E-state index in [0.29, 0.717) is 0 Å². The monoisotopic (exact) mass is 157 g/mol. The first-order valence-corrected chi connectivity index (χ1v) is 3.86. The van der Waals surface area contributed by atoms with Gasteiger partial charge < -0.3 is 0 Å². The SMILES string of the molecule is [C-]#[N+]c1ccc(CC=C)cc1C. The topological polar surface area (TPSA) is 4.36 Å². The molecule has 0 bridgehead atoms. The summed E-state index contributed by atoms with van der Waals surface area (Å²) in [6, 6.07) is 5.87. The molecule has 1 heteroatoms. The summed E-state index contributed by atoms with van der Waals surface area (Å²) in [4.78, 5) is 3.40. The lowest BCUT2D eigenvalue weighted by Gasteiger charge is -2.00. The number of aryl methyl sites for hydroxylation is 1. The molecule has 1 aromatic carbocycles. The third kappa shape index (κ3) is 1.73. The third-order valence-corrected chi connectivity index (χ3v) is 1.76. The first kappa shape index (κ1) is 8.55. The zero-order valence-corrected chi connectivity index (χ0v) is 7.17. The summed E-state index contributed by atoms with van der Waals surface area (Å²) in [6.45, 7) is 12.5. The average molecular weight is 157 g/mol. The summed E-state index contributed by atoms with van der Waals surface area (Å²) >= 11 is 0. The van der Waals surface area contributed by atoms with E-state index < -0.39 is 0 Å². The van der Waals surface area contributed by atoms with Crippen molar-refractivity contribution < 1.29 is 0 Å². The van der Waals surface area contributed by atoms with Gasteiger partial charge in [-0.15, -0.1) is 6.58 Å². The number of allylic oxidation sites excluding steroid dienone is 1. The van der Waals surface area contributed by atoms with Crippen LogP contribution in [0.1, 0.15) is 11.1 Å². The van der Waals surface area contributed by atoms with Crippen LogP contribution in [0.4, 0.5) is 5.69 Å². The minimum absolute atomic E-state index is 0.739. The van der Waals surface area contributed by atoms with E-state index in [1.807, 2.05) is 31.2 Å². The number of benzene rings is 1. The van der Waals surface area contributed by atoms with Crippen molar-refractivity contribution in [2.45, 2.75) is 13.3 Å². The van der Waals surface area contributed by atoms with E-state index in [1.165, 1.54) is 5.56 Å². The Labute approximate surface area is 73.2 Å². The second-order valence-electron chi connectivity index (χ2n) is 2.73. The van der Waals surface area contributed by atoms with Gasteiger partial charge in [-0.2, -0.15) is 0 Å². The Morgan fingerprint density at radius 1 is 1.58 bits per heavy atom. The average Bonchev–Trinajstić information content (AvgIpc) is 2.05. The van der Waals surface area contributed by atoms with E-state index in [0.717, 1.165) is 17.7 Å². The Hall–Kier alpha value is -1.55. The molecule has 0 aromatic heterocycles. The van der Waals surface area contributed by atoms with Crippen molar-refractivity contribution in [2.75, 3.05) is 0 Å². The summed E-state index contributed by atoms with van der Waals surface area (Å²) < 4.78 is 0. The molecule has 0 saturated heterocycles. The molecule has 0 atom stereocenters. The molecule has 1 nitrogen and oxygen atoms in total. The van der Waals surface area contributed by atoms with Crippen LogP contribution in [0.15, 0.2) is 30.9 Å². The summed E-state index contributed by atoms with van der Waals surface area (Å²) in [5.74, 6) is 0. The zero-order valence-electron chi connectivity index (χ0n) is 7.17. The first-order valence-electron chi connectivity index (χ1n) is 3.86. The highest BCUT2D eigenvalue weighted by Gasteiger charge is 1.97. The maximum atomic E-state index is 6.86. The van der Waals surface area contributed by atoms with Crippen LogP contribution in [0.5, 0.6) is 0 Å². The van der Waals surface area contributed by atoms with E-state index in [1.54, 1.807) is 0 Å². The number of hydrogen-bond acceptors (Lipinski definition) is 0. The minimum atomic E-state index is 0.739. The lowest BCUT2D eigenvalue weighted by molar-refractivity contribution is 1.26. The molecule has 0 saturated carbocycles. The van der Waals surface area contributed by atoms with Crippen LogP contribution < -0.4 is 0 Å². The van der Waals surface area contributed by atoms with Gasteiger partial charge in [0.25, 0.3) is 0 Å². The molecule has 1 aromatic rings. The van der Waals surface area contributed by atoms with Crippen molar-refractivity contribution in [3.63, 3.8) is 0 Å². The van der Waals surface area contributed by atoms with Crippen molar-refractivity contribution in [3.8, 4) is 0 Å². The Balaban J connectivity index is 3.03. The van der Waals surface area contributed by atoms with Gasteiger partial charge in [0.05, 0.1) is 6.57 Å². The Morgan fingerprint density at radius 3 is 2.83 bits per heavy atom. The van der Waals surface area contributed by atoms with Gasteiger partial charge in [0.15, 0.2) is 5.69 Å². The van der Waals surface area contributed by atoms with Crippen molar-refractivity contribution in [1.82, 2.24) is 0 Å². The first-order chi connectivity index (χ1) is 5.77. The fourth-order valence-electron chi connectivity index (χ4n) is 1.14. The molecule has 0 spiro atoms. The van der Waals surface area contributed by atoms with Crippen LogP contribution in [0.3, 0.4) is 0 Å². The highest BCUT2D eigenvalue weighted by Crippen LogP contribution is 2.19. The van der Waals surface area contributed by atoms with Crippen LogP contribution in [-0.2, 0) is 6.42 Å². The van der Waals surface area contributed by atoms with Gasteiger partial charge in [-0.05, 0) is 24.5 Å². The van der Waals surface area contributed by atoms with Crippen molar-refractivity contribution in [2.24, 2.45) is 0 Å². The molecular formula is C11H11N. The molecule has 1 rings (SSSR count). The van der Waals surface area contributed by atoms with Gasteiger partial charge in [0.2, 0.25) is 0 Å². The Morgan fingerprint density at radius 2 is 2.33 bits per heavy atom. The molecule has 0 aliphatic rings. The molecule has 0 heterocycles. The number of hydrogen-bond donors (Lipinski definition) is 0. The maximum absolute atomic E-state index is 6.86. The summed E-state index contributed by atoms with van der Waals surface area (Å²) in [6.07, 6.45) is 2.74. The quantitative estimate of drug-likeness (QED) is 0.458. The third-order valence-electron chi connectivity index (χ3n) is 1.76. The van der Waals surface area contributed by atoms with Crippen LogP contribution in [0.25, 0.3) is 4.85 Å². The van der Waals surface area contributed by atoms with Crippen LogP contribution >= 0.6 is 0 Å². The predicted molar refractivity (Wildman–Crippen MR) is 51.3 cm³/mol. The van der Waals surface area contributed by atoms with Gasteiger partial charge in [-0.1, -0.05) is 24.3 Å². The number of rotatable bonds is 2. The molecule has 12 heavy (non-hydrogen) atoms. The fourth-order valence-corrected chi connectivity index (χ4v) is 1.14. The zero-order chi connectivity index (χ0) is 8.97. The van der Waals surface area contributed by atoms with Gasteiger partial charge in [0.1, 0.15) is 0 Å². The smallest absolute Gasteiger partial charge is 0.190 e. The van der Waals surface area contributed by atoms with E-state index in [2.05, 4.69) is 11.4 Å². The largest absolute Gasteiger partial charge is 0.238 e. The normalized spacial score (nSPS) is 9.00. The van der Waals surface area contributed by atoms with E-state index in [-0.39, 0.29) is 0 Å². The van der Waals surface area contributed by atoms with Gasteiger partial charge in [-0.3, -0.25) is 0 Å². The Bertz CT molecular complexity index is 331. The van der Waals surface area contributed by atoms with Gasteiger partial charge in [-0.25, -0.2) is 4.85 Å². The van der Waals surface area contributed by atoms with Gasteiger partial charge in [0, 0.05) is 0 Å². The fraction of sp³-hybridized carbons (Fsp3) is 0.182. The minimum Gasteiger partial charge on any atom is -0.238 e. The molecule has 60 valence electrons. The molecule has 0 N–H and O–H groups in total. The summed E-state index contributed by atoms with van der Waals surface area (Å²) in [7, 11) is 0. The second kappa shape index (κ2) is 3.73. The highest BCUT2D eigenvalue weighted by molar-refractivity contribution is 5.52. The molecular weight excluding hydrogens is 146 g/mol. The van der Waals surface area contributed by atoms with E-state index in [9.17, 15) is 0 Å². The van der Waals surface area contributed by atoms with Crippen molar-refractivity contribution in [1.29, 1.82) is 0 Å². The molecule has 0 unspecified atom stereocenters. The lowest BCUT2D eigenvalue weighted by atomic mass is 10.1. The molecule has 0 aliphatic carbocycles. The van der Waals surface area contributed by atoms with Crippen LogP contribution in [0, 0.1) is 13.5 Å². The molecule has 0 radical (unpaired) electrons. The molecule has 0 amide bonds. The van der Waals surface area contributed by atoms with Crippen LogP contribution in [-0.4, -0.2) is 0 Å². The summed E-state index contributed by atoms with van der Waals surface area (Å²) in [5.41, 5.74) is 3.00. The lowest BCUT2D eigenvalue weighted by Crippen LogP contribution is -1.81. The number of nitrogens with zero attached hydrogens (tertiary/aromatic N) is 1. The molecule has 0 fully saturated rings. The predicted octanol–water partition coefficient (Wildman–Crippen LogP) is 3.27. The van der Waals surface area contributed by atoms with E-state index in [4.69, 9.17) is 6.57 Å². The summed E-state index contributed by atoms with van der Waals surface area (Å²) in [5, 5.41) is 0.